The molecular weight excluding hydrogens is 392 g/mol. The Bertz CT molecular complexity index is 979. The van der Waals surface area contributed by atoms with Crippen molar-refractivity contribution in [3.8, 4) is 0 Å². The minimum atomic E-state index is -0.405. The Kier molecular flexibility index (Phi) is 6.28. The molecule has 29 heavy (non-hydrogen) atoms. The number of hydrazone groups is 1. The van der Waals surface area contributed by atoms with Gasteiger partial charge in [0.15, 0.2) is 10.9 Å². The zero-order valence-corrected chi connectivity index (χ0v) is 17.0. The lowest BCUT2D eigenvalue weighted by Crippen LogP contribution is -2.26. The summed E-state index contributed by atoms with van der Waals surface area (Å²) < 4.78 is 10.8. The molecule has 4 N–H and O–H groups in total. The van der Waals surface area contributed by atoms with Crippen molar-refractivity contribution in [3.63, 3.8) is 0 Å². The maximum Gasteiger partial charge on any atom is 0.338 e. The van der Waals surface area contributed by atoms with Crippen LogP contribution >= 0.6 is 12.2 Å². The van der Waals surface area contributed by atoms with Gasteiger partial charge in [0.1, 0.15) is 5.76 Å². The summed E-state index contributed by atoms with van der Waals surface area (Å²) >= 11 is 4.80. The SMILES string of the molecule is CCOC(=O)c1ccc(NC(=O)c2oc3c(c2C)/C(=N/NC(N)=S)CCC3)cc1. The van der Waals surface area contributed by atoms with Crippen LogP contribution < -0.4 is 16.5 Å². The highest BCUT2D eigenvalue weighted by Gasteiger charge is 2.28. The zero-order chi connectivity index (χ0) is 21.0. The molecule has 0 atom stereocenters. The summed E-state index contributed by atoms with van der Waals surface area (Å²) in [6.45, 7) is 3.87. The molecule has 9 heteroatoms. The van der Waals surface area contributed by atoms with Crippen molar-refractivity contribution in [1.82, 2.24) is 5.43 Å². The minimum Gasteiger partial charge on any atom is -0.462 e. The van der Waals surface area contributed by atoms with E-state index in [1.165, 1.54) is 0 Å². The molecular formula is C20H22N4O4S. The van der Waals surface area contributed by atoms with Crippen molar-refractivity contribution in [2.45, 2.75) is 33.1 Å². The molecule has 0 saturated carbocycles. The number of nitrogens with zero attached hydrogens (tertiary/aromatic N) is 1. The van der Waals surface area contributed by atoms with E-state index < -0.39 is 5.97 Å². The van der Waals surface area contributed by atoms with Crippen LogP contribution in [0.4, 0.5) is 5.69 Å². The van der Waals surface area contributed by atoms with Gasteiger partial charge in [-0.25, -0.2) is 4.79 Å². The van der Waals surface area contributed by atoms with Gasteiger partial charge in [0.2, 0.25) is 0 Å². The van der Waals surface area contributed by atoms with Crippen LogP contribution in [0.25, 0.3) is 0 Å². The van der Waals surface area contributed by atoms with E-state index in [-0.39, 0.29) is 16.8 Å². The van der Waals surface area contributed by atoms with Gasteiger partial charge in [-0.05, 0) is 63.2 Å². The van der Waals surface area contributed by atoms with Crippen molar-refractivity contribution in [1.29, 1.82) is 0 Å². The lowest BCUT2D eigenvalue weighted by Gasteiger charge is -2.13. The van der Waals surface area contributed by atoms with E-state index in [1.807, 2.05) is 6.92 Å². The molecule has 1 aromatic carbocycles. The number of ether oxygens (including phenoxy) is 1. The van der Waals surface area contributed by atoms with Gasteiger partial charge in [-0.15, -0.1) is 0 Å². The number of furan rings is 1. The number of anilines is 1. The van der Waals surface area contributed by atoms with Crippen molar-refractivity contribution >= 4 is 40.6 Å². The highest BCUT2D eigenvalue weighted by Crippen LogP contribution is 2.30. The summed E-state index contributed by atoms with van der Waals surface area (Å²) in [5.41, 5.74) is 11.3. The number of nitrogens with one attached hydrogen (secondary N) is 2. The van der Waals surface area contributed by atoms with Crippen LogP contribution in [0.1, 0.15) is 57.6 Å². The van der Waals surface area contributed by atoms with Crippen molar-refractivity contribution in [2.75, 3.05) is 11.9 Å². The zero-order valence-electron chi connectivity index (χ0n) is 16.2. The molecule has 1 amide bonds. The van der Waals surface area contributed by atoms with Gasteiger partial charge >= 0.3 is 5.97 Å². The van der Waals surface area contributed by atoms with E-state index in [2.05, 4.69) is 15.8 Å². The number of amides is 1. The number of fused-ring (bicyclic) bond motifs is 1. The monoisotopic (exact) mass is 414 g/mol. The van der Waals surface area contributed by atoms with Crippen molar-refractivity contribution in [2.24, 2.45) is 10.8 Å². The Hall–Kier alpha value is -3.20. The smallest absolute Gasteiger partial charge is 0.338 e. The van der Waals surface area contributed by atoms with Crippen molar-refractivity contribution < 1.29 is 18.7 Å². The Balaban J connectivity index is 1.79. The maximum absolute atomic E-state index is 12.8. The predicted molar refractivity (Wildman–Crippen MR) is 113 cm³/mol. The number of rotatable bonds is 5. The number of hydrogen-bond acceptors (Lipinski definition) is 6. The third kappa shape index (κ3) is 4.62. The molecule has 0 unspecified atom stereocenters. The first-order chi connectivity index (χ1) is 13.9. The van der Waals surface area contributed by atoms with E-state index in [0.29, 0.717) is 23.4 Å². The molecule has 1 aliphatic carbocycles. The summed E-state index contributed by atoms with van der Waals surface area (Å²) in [6, 6.07) is 6.47. The van der Waals surface area contributed by atoms with E-state index in [0.717, 1.165) is 36.3 Å². The lowest BCUT2D eigenvalue weighted by atomic mass is 9.93. The number of carbonyl (C=O) groups excluding carboxylic acids is 2. The van der Waals surface area contributed by atoms with Gasteiger partial charge in [0.05, 0.1) is 17.9 Å². The quantitative estimate of drug-likeness (QED) is 0.391. The average molecular weight is 414 g/mol. The summed E-state index contributed by atoms with van der Waals surface area (Å²) in [5, 5.41) is 7.12. The normalized spacial score (nSPS) is 14.2. The largest absolute Gasteiger partial charge is 0.462 e. The van der Waals surface area contributed by atoms with Gasteiger partial charge in [-0.1, -0.05) is 0 Å². The molecule has 2 aromatic rings. The first-order valence-corrected chi connectivity index (χ1v) is 9.64. The number of thiocarbonyl (C=S) groups is 1. The first-order valence-electron chi connectivity index (χ1n) is 9.23. The molecule has 1 aromatic heterocycles. The first kappa shape index (κ1) is 20.5. The van der Waals surface area contributed by atoms with Crippen LogP contribution in [-0.2, 0) is 11.2 Å². The summed E-state index contributed by atoms with van der Waals surface area (Å²) in [4.78, 5) is 24.5. The minimum absolute atomic E-state index is 0.0787. The maximum atomic E-state index is 12.8. The predicted octanol–water partition coefficient (Wildman–Crippen LogP) is 2.89. The Morgan fingerprint density at radius 3 is 2.66 bits per heavy atom. The molecule has 0 spiro atoms. The third-order valence-corrected chi connectivity index (χ3v) is 4.58. The lowest BCUT2D eigenvalue weighted by molar-refractivity contribution is 0.0526. The number of carbonyl (C=O) groups is 2. The van der Waals surface area contributed by atoms with Crippen LogP contribution in [0.5, 0.6) is 0 Å². The van der Waals surface area contributed by atoms with Gasteiger partial charge in [0.25, 0.3) is 5.91 Å². The molecule has 0 saturated heterocycles. The number of benzene rings is 1. The van der Waals surface area contributed by atoms with E-state index in [9.17, 15) is 9.59 Å². The highest BCUT2D eigenvalue weighted by atomic mass is 32.1. The third-order valence-electron chi connectivity index (χ3n) is 4.49. The number of nitrogens with two attached hydrogens (primary N) is 1. The molecule has 8 nitrogen and oxygen atoms in total. The fraction of sp³-hybridized carbons (Fsp3) is 0.300. The summed E-state index contributed by atoms with van der Waals surface area (Å²) in [6.07, 6.45) is 2.32. The Labute approximate surface area is 173 Å². The van der Waals surface area contributed by atoms with Gasteiger partial charge < -0.3 is 20.2 Å². The molecule has 1 heterocycles. The Morgan fingerprint density at radius 2 is 2.00 bits per heavy atom. The molecule has 1 aliphatic rings. The molecule has 3 rings (SSSR count). The summed E-state index contributed by atoms with van der Waals surface area (Å²) in [7, 11) is 0. The second-order valence-electron chi connectivity index (χ2n) is 6.49. The van der Waals surface area contributed by atoms with E-state index >= 15 is 0 Å². The van der Waals surface area contributed by atoms with E-state index in [1.54, 1.807) is 31.2 Å². The topological polar surface area (TPSA) is 119 Å². The van der Waals surface area contributed by atoms with Crippen LogP contribution in [0.15, 0.2) is 33.8 Å². The van der Waals surface area contributed by atoms with Crippen LogP contribution in [0.2, 0.25) is 0 Å². The highest BCUT2D eigenvalue weighted by molar-refractivity contribution is 7.80. The molecule has 152 valence electrons. The molecule has 0 radical (unpaired) electrons. The second kappa shape index (κ2) is 8.87. The van der Waals surface area contributed by atoms with Crippen LogP contribution in [0.3, 0.4) is 0 Å². The standard InChI is InChI=1S/C20H22N4O4S/c1-3-27-19(26)12-7-9-13(10-8-12)22-18(25)17-11(2)16-14(23-24-20(21)29)5-4-6-15(16)28-17/h7-10H,3-6H2,1-2H3,(H,22,25)(H3,21,24,29)/b23-14+. The number of hydrogen-bond donors (Lipinski definition) is 3. The second-order valence-corrected chi connectivity index (χ2v) is 6.93. The molecule has 0 aliphatic heterocycles. The van der Waals surface area contributed by atoms with Gasteiger partial charge in [-0.2, -0.15) is 5.10 Å². The molecule has 0 fully saturated rings. The van der Waals surface area contributed by atoms with Gasteiger partial charge in [0, 0.05) is 23.2 Å². The van der Waals surface area contributed by atoms with Crippen LogP contribution in [-0.4, -0.2) is 29.3 Å². The summed E-state index contributed by atoms with van der Waals surface area (Å²) in [5.74, 6) is 0.175. The van der Waals surface area contributed by atoms with E-state index in [4.69, 9.17) is 27.1 Å². The van der Waals surface area contributed by atoms with Crippen molar-refractivity contribution in [3.05, 3.63) is 52.5 Å². The molecule has 0 bridgehead atoms. The van der Waals surface area contributed by atoms with Gasteiger partial charge in [-0.3, -0.25) is 10.2 Å². The van der Waals surface area contributed by atoms with Crippen LogP contribution in [0, 0.1) is 6.92 Å². The average Bonchev–Trinajstić information content (AvgIpc) is 3.04. The fourth-order valence-electron chi connectivity index (χ4n) is 3.21. The Morgan fingerprint density at radius 1 is 1.28 bits per heavy atom. The number of aryl methyl sites for hydroxylation is 1. The number of esters is 1. The fourth-order valence-corrected chi connectivity index (χ4v) is 3.26.